The number of carbonyl (C=O) groups excluding carboxylic acids is 1. The van der Waals surface area contributed by atoms with E-state index in [1.807, 2.05) is 6.92 Å². The molecule has 0 saturated heterocycles. The monoisotopic (exact) mass is 523 g/mol. The van der Waals surface area contributed by atoms with Crippen molar-refractivity contribution in [3.8, 4) is 11.5 Å². The lowest BCUT2D eigenvalue weighted by Crippen LogP contribution is -2.40. The Labute approximate surface area is 194 Å². The molecule has 0 aromatic heterocycles. The van der Waals surface area contributed by atoms with Crippen LogP contribution in [-0.4, -0.2) is 28.0 Å². The number of para-hydroxylation sites is 1. The summed E-state index contributed by atoms with van der Waals surface area (Å²) in [6.45, 7) is 1.34. The minimum Gasteiger partial charge on any atom is -0.495 e. The molecule has 0 heterocycles. The van der Waals surface area contributed by atoms with Crippen LogP contribution in [0.5, 0.6) is 11.5 Å². The number of ether oxygens (including phenoxy) is 2. The summed E-state index contributed by atoms with van der Waals surface area (Å²) in [5, 5.41) is 0.170. The lowest BCUT2D eigenvalue weighted by molar-refractivity contribution is -0.119. The summed E-state index contributed by atoms with van der Waals surface area (Å²) < 4.78 is 38.8. The molecule has 0 bridgehead atoms. The molecule has 0 aliphatic heterocycles. The number of nitrogens with zero attached hydrogens (tertiary/aromatic N) is 1. The van der Waals surface area contributed by atoms with Gasteiger partial charge in [-0.2, -0.15) is 4.31 Å². The van der Waals surface area contributed by atoms with Crippen LogP contribution in [0.15, 0.2) is 76.1 Å². The molecule has 0 radical (unpaired) electrons. The quantitative estimate of drug-likeness (QED) is 0.424. The molecule has 0 atom stereocenters. The lowest BCUT2D eigenvalue weighted by Gasteiger charge is -2.23. The van der Waals surface area contributed by atoms with Gasteiger partial charge in [-0.25, -0.2) is 8.42 Å². The topological polar surface area (TPSA) is 72.9 Å². The average Bonchev–Trinajstić information content (AvgIpc) is 2.73. The van der Waals surface area contributed by atoms with E-state index >= 15 is 0 Å². The number of amides is 1. The van der Waals surface area contributed by atoms with E-state index in [1.165, 1.54) is 37.4 Å². The number of sulfonamides is 1. The number of halogens is 2. The van der Waals surface area contributed by atoms with Crippen molar-refractivity contribution in [1.82, 2.24) is 0 Å². The van der Waals surface area contributed by atoms with Crippen molar-refractivity contribution in [1.29, 1.82) is 0 Å². The van der Waals surface area contributed by atoms with E-state index < -0.39 is 22.5 Å². The molecule has 0 unspecified atom stereocenters. The van der Waals surface area contributed by atoms with Gasteiger partial charge in [-0.1, -0.05) is 41.4 Å². The number of rotatable bonds is 7. The smallest absolute Gasteiger partial charge is 0.278 e. The number of hydrogen-bond acceptors (Lipinski definition) is 5. The molecule has 31 heavy (non-hydrogen) atoms. The van der Waals surface area contributed by atoms with Crippen molar-refractivity contribution in [2.45, 2.75) is 11.8 Å². The zero-order valence-electron chi connectivity index (χ0n) is 16.7. The molecule has 3 rings (SSSR count). The van der Waals surface area contributed by atoms with Gasteiger partial charge in [-0.15, -0.1) is 0 Å². The molecule has 162 valence electrons. The number of methoxy groups -OCH3 is 1. The number of aryl methyl sites for hydroxylation is 1. The standard InChI is InChI=1S/C22H19BrClNO5S/c1-15-7-10-17(11-8-15)31(27,28)25(16-9-12-21(29-2)19(24)13-16)22(26)14-30-20-6-4-3-5-18(20)23/h3-13H,14H2,1-2H3. The first-order valence-electron chi connectivity index (χ1n) is 9.09. The SMILES string of the molecule is COc1ccc(N(C(=O)COc2ccccc2Br)S(=O)(=O)c2ccc(C)cc2)cc1Cl. The normalized spacial score (nSPS) is 11.1. The highest BCUT2D eigenvalue weighted by atomic mass is 79.9. The van der Waals surface area contributed by atoms with Crippen molar-refractivity contribution >= 4 is 49.1 Å². The third-order valence-corrected chi connectivity index (χ3v) is 7.06. The van der Waals surface area contributed by atoms with E-state index in [0.717, 1.165) is 5.56 Å². The Balaban J connectivity index is 2.01. The summed E-state index contributed by atoms with van der Waals surface area (Å²) in [7, 11) is -2.79. The Bertz CT molecular complexity index is 1200. The summed E-state index contributed by atoms with van der Waals surface area (Å²) in [4.78, 5) is 13.1. The molecule has 0 N–H and O–H groups in total. The van der Waals surface area contributed by atoms with Crippen LogP contribution < -0.4 is 13.8 Å². The van der Waals surface area contributed by atoms with Crippen LogP contribution in [-0.2, 0) is 14.8 Å². The Hall–Kier alpha value is -2.55. The van der Waals surface area contributed by atoms with Gasteiger partial charge in [0.15, 0.2) is 6.61 Å². The second-order valence-corrected chi connectivity index (χ2v) is 9.56. The van der Waals surface area contributed by atoms with E-state index in [9.17, 15) is 13.2 Å². The number of anilines is 1. The molecule has 6 nitrogen and oxygen atoms in total. The molecule has 3 aromatic rings. The third-order valence-electron chi connectivity index (χ3n) is 4.34. The van der Waals surface area contributed by atoms with Crippen LogP contribution >= 0.6 is 27.5 Å². The molecule has 1 amide bonds. The summed E-state index contributed by atoms with van der Waals surface area (Å²) >= 11 is 9.53. The zero-order valence-corrected chi connectivity index (χ0v) is 19.9. The zero-order chi connectivity index (χ0) is 22.6. The van der Waals surface area contributed by atoms with Gasteiger partial charge >= 0.3 is 0 Å². The minimum absolute atomic E-state index is 0.0284. The van der Waals surface area contributed by atoms with Gasteiger partial charge in [0.25, 0.3) is 15.9 Å². The highest BCUT2D eigenvalue weighted by molar-refractivity contribution is 9.10. The summed E-state index contributed by atoms with van der Waals surface area (Å²) in [5.41, 5.74) is 0.966. The fraction of sp³-hybridized carbons (Fsp3) is 0.136. The van der Waals surface area contributed by atoms with Gasteiger partial charge in [0.05, 0.1) is 27.2 Å². The molecular formula is C22H19BrClNO5S. The van der Waals surface area contributed by atoms with Gasteiger partial charge in [0, 0.05) is 0 Å². The highest BCUT2D eigenvalue weighted by Gasteiger charge is 2.32. The Morgan fingerprint density at radius 2 is 1.71 bits per heavy atom. The first kappa shape index (κ1) is 23.1. The second-order valence-electron chi connectivity index (χ2n) is 6.51. The first-order chi connectivity index (χ1) is 14.7. The molecule has 9 heteroatoms. The van der Waals surface area contributed by atoms with Crippen molar-refractivity contribution in [3.63, 3.8) is 0 Å². The van der Waals surface area contributed by atoms with Crippen LogP contribution in [0.2, 0.25) is 5.02 Å². The highest BCUT2D eigenvalue weighted by Crippen LogP contribution is 2.32. The van der Waals surface area contributed by atoms with Crippen LogP contribution in [0.1, 0.15) is 5.56 Å². The predicted octanol–water partition coefficient (Wildman–Crippen LogP) is 5.22. The van der Waals surface area contributed by atoms with Crippen LogP contribution in [0.4, 0.5) is 5.69 Å². The fourth-order valence-corrected chi connectivity index (χ4v) is 4.83. The minimum atomic E-state index is -4.23. The molecule has 0 saturated carbocycles. The van der Waals surface area contributed by atoms with Gasteiger partial charge in [-0.3, -0.25) is 4.79 Å². The fourth-order valence-electron chi connectivity index (χ4n) is 2.77. The number of hydrogen-bond donors (Lipinski definition) is 0. The van der Waals surface area contributed by atoms with E-state index in [4.69, 9.17) is 21.1 Å². The van der Waals surface area contributed by atoms with E-state index in [2.05, 4.69) is 15.9 Å². The molecule has 0 aliphatic rings. The largest absolute Gasteiger partial charge is 0.495 e. The van der Waals surface area contributed by atoms with E-state index in [-0.39, 0.29) is 15.6 Å². The van der Waals surface area contributed by atoms with Crippen molar-refractivity contribution in [2.24, 2.45) is 0 Å². The first-order valence-corrected chi connectivity index (χ1v) is 11.7. The van der Waals surface area contributed by atoms with Gasteiger partial charge in [0.2, 0.25) is 0 Å². The summed E-state index contributed by atoms with van der Waals surface area (Å²) in [5.74, 6) is -0.0103. The van der Waals surface area contributed by atoms with Gasteiger partial charge < -0.3 is 9.47 Å². The van der Waals surface area contributed by atoms with Crippen LogP contribution in [0.25, 0.3) is 0 Å². The van der Waals surface area contributed by atoms with Crippen molar-refractivity contribution < 1.29 is 22.7 Å². The van der Waals surface area contributed by atoms with Crippen LogP contribution in [0, 0.1) is 6.92 Å². The average molecular weight is 525 g/mol. The lowest BCUT2D eigenvalue weighted by atomic mass is 10.2. The molecule has 0 fully saturated rings. The van der Waals surface area contributed by atoms with Crippen LogP contribution in [0.3, 0.4) is 0 Å². The second kappa shape index (κ2) is 9.72. The molecule has 3 aromatic carbocycles. The predicted molar refractivity (Wildman–Crippen MR) is 123 cm³/mol. The maximum atomic E-state index is 13.4. The number of carbonyl (C=O) groups is 1. The maximum absolute atomic E-state index is 13.4. The Morgan fingerprint density at radius 1 is 1.03 bits per heavy atom. The molecule has 0 spiro atoms. The van der Waals surface area contributed by atoms with Crippen molar-refractivity contribution in [2.75, 3.05) is 18.0 Å². The van der Waals surface area contributed by atoms with Crippen molar-refractivity contribution in [3.05, 3.63) is 81.8 Å². The Morgan fingerprint density at radius 3 is 2.32 bits per heavy atom. The summed E-state index contributed by atoms with van der Waals surface area (Å²) in [6.07, 6.45) is 0. The van der Waals surface area contributed by atoms with E-state index in [0.29, 0.717) is 20.3 Å². The number of benzene rings is 3. The molecular weight excluding hydrogens is 506 g/mol. The Kier molecular flexibility index (Phi) is 7.25. The maximum Gasteiger partial charge on any atom is 0.278 e. The molecule has 0 aliphatic carbocycles. The van der Waals surface area contributed by atoms with Gasteiger partial charge in [0.1, 0.15) is 11.5 Å². The summed E-state index contributed by atoms with van der Waals surface area (Å²) in [6, 6.07) is 17.5. The van der Waals surface area contributed by atoms with E-state index in [1.54, 1.807) is 36.4 Å². The third kappa shape index (κ3) is 5.20. The van der Waals surface area contributed by atoms with Gasteiger partial charge in [-0.05, 0) is 65.3 Å².